The lowest BCUT2D eigenvalue weighted by molar-refractivity contribution is 0.0939. The summed E-state index contributed by atoms with van der Waals surface area (Å²) in [5.41, 5.74) is 11.1. The van der Waals surface area contributed by atoms with Crippen LogP contribution in [0.4, 0.5) is 5.69 Å². The first-order valence-corrected chi connectivity index (χ1v) is 13.4. The molecule has 1 unspecified atom stereocenters. The fourth-order valence-electron chi connectivity index (χ4n) is 4.88. The Bertz CT molecular complexity index is 1650. The SMILES string of the molecule is C=C(/C=C\C=C(\C)N)Cn1nc(CC)c2c(NC(=O)c3cnc4cc(C(=O)NC5CCNC5)ccn34)cccc21. The number of aryl methyl sites for hydroxylation is 1. The molecule has 0 saturated carbocycles. The van der Waals surface area contributed by atoms with Crippen LogP contribution in [0.2, 0.25) is 0 Å². The molecule has 0 spiro atoms. The first kappa shape index (κ1) is 26.9. The summed E-state index contributed by atoms with van der Waals surface area (Å²) < 4.78 is 3.58. The second-order valence-electron chi connectivity index (χ2n) is 9.99. The average molecular weight is 539 g/mol. The van der Waals surface area contributed by atoms with Crippen LogP contribution in [-0.4, -0.2) is 50.1 Å². The van der Waals surface area contributed by atoms with Crippen LogP contribution in [0.1, 0.15) is 46.8 Å². The molecule has 0 radical (unpaired) electrons. The van der Waals surface area contributed by atoms with E-state index in [1.807, 2.05) is 55.0 Å². The third kappa shape index (κ3) is 5.67. The van der Waals surface area contributed by atoms with Gasteiger partial charge in [-0.2, -0.15) is 5.10 Å². The van der Waals surface area contributed by atoms with Crippen molar-refractivity contribution >= 4 is 34.1 Å². The molecule has 5 N–H and O–H groups in total. The summed E-state index contributed by atoms with van der Waals surface area (Å²) in [5, 5.41) is 15.0. The highest BCUT2D eigenvalue weighted by Gasteiger charge is 2.20. The topological polar surface area (TPSA) is 131 Å². The summed E-state index contributed by atoms with van der Waals surface area (Å²) in [7, 11) is 0. The zero-order chi connectivity index (χ0) is 28.2. The summed E-state index contributed by atoms with van der Waals surface area (Å²) in [6.45, 7) is 10.2. The lowest BCUT2D eigenvalue weighted by atomic mass is 10.1. The number of benzene rings is 1. The Balaban J connectivity index is 1.37. The van der Waals surface area contributed by atoms with Gasteiger partial charge in [0.15, 0.2) is 0 Å². The van der Waals surface area contributed by atoms with E-state index in [2.05, 4.69) is 27.5 Å². The molecule has 0 bridgehead atoms. The number of allylic oxidation sites excluding steroid dienone is 5. The molecule has 4 aromatic rings. The van der Waals surface area contributed by atoms with Gasteiger partial charge >= 0.3 is 0 Å². The number of anilines is 1. The maximum atomic E-state index is 13.4. The van der Waals surface area contributed by atoms with Crippen LogP contribution in [0.25, 0.3) is 16.6 Å². The first-order valence-electron chi connectivity index (χ1n) is 13.4. The lowest BCUT2D eigenvalue weighted by Gasteiger charge is -2.11. The molecule has 1 atom stereocenters. The van der Waals surface area contributed by atoms with E-state index in [4.69, 9.17) is 10.8 Å². The zero-order valence-electron chi connectivity index (χ0n) is 22.8. The van der Waals surface area contributed by atoms with Crippen molar-refractivity contribution in [2.45, 2.75) is 39.3 Å². The van der Waals surface area contributed by atoms with Gasteiger partial charge in [0.05, 0.1) is 29.6 Å². The number of nitrogens with zero attached hydrogens (tertiary/aromatic N) is 4. The van der Waals surface area contributed by atoms with Gasteiger partial charge in [-0.3, -0.25) is 18.7 Å². The third-order valence-corrected chi connectivity index (χ3v) is 6.88. The summed E-state index contributed by atoms with van der Waals surface area (Å²) >= 11 is 0. The molecule has 1 aliphatic heterocycles. The van der Waals surface area contributed by atoms with Crippen LogP contribution in [0.3, 0.4) is 0 Å². The van der Waals surface area contributed by atoms with Crippen molar-refractivity contribution < 1.29 is 9.59 Å². The van der Waals surface area contributed by atoms with Gasteiger partial charge in [-0.1, -0.05) is 31.7 Å². The highest BCUT2D eigenvalue weighted by Crippen LogP contribution is 2.28. The molecule has 3 aromatic heterocycles. The average Bonchev–Trinajstić information content (AvgIpc) is 3.67. The van der Waals surface area contributed by atoms with Crippen molar-refractivity contribution in [1.82, 2.24) is 29.8 Å². The molecule has 5 rings (SSSR count). The largest absolute Gasteiger partial charge is 0.402 e. The number of nitrogens with two attached hydrogens (primary N) is 1. The Morgan fingerprint density at radius 1 is 1.27 bits per heavy atom. The quantitative estimate of drug-likeness (QED) is 0.241. The fraction of sp³-hybridized carbons (Fsp3) is 0.267. The summed E-state index contributed by atoms with van der Waals surface area (Å²) in [5.74, 6) is -0.453. The van der Waals surface area contributed by atoms with Crippen LogP contribution >= 0.6 is 0 Å². The van der Waals surface area contributed by atoms with Crippen LogP contribution in [0.15, 0.2) is 78.8 Å². The Morgan fingerprint density at radius 3 is 2.88 bits per heavy atom. The standard InChI is InChI=1S/C30H34N8O2/c1-4-23-28-24(9-6-10-25(28)38(36-23)18-19(2)7-5-8-20(3)31)35-30(40)26-17-33-27-15-21(12-14-37(26)27)29(39)34-22-11-13-32-16-22/h5-10,12,14-15,17,22,32H,2,4,11,13,16,18,31H2,1,3H3,(H,34,39)(H,35,40)/b7-5-,20-8-. The van der Waals surface area contributed by atoms with Crippen LogP contribution in [0.5, 0.6) is 0 Å². The zero-order valence-corrected chi connectivity index (χ0v) is 22.8. The second-order valence-corrected chi connectivity index (χ2v) is 9.99. The van der Waals surface area contributed by atoms with Crippen molar-refractivity contribution in [3.63, 3.8) is 0 Å². The highest BCUT2D eigenvalue weighted by atomic mass is 16.2. The molecule has 0 aliphatic carbocycles. The number of nitrogens with one attached hydrogen (secondary N) is 3. The Morgan fingerprint density at radius 2 is 2.12 bits per heavy atom. The number of carbonyl (C=O) groups excluding carboxylic acids is 2. The van der Waals surface area contributed by atoms with Crippen molar-refractivity contribution in [3.05, 3.63) is 95.8 Å². The molecular weight excluding hydrogens is 504 g/mol. The number of aromatic nitrogens is 4. The summed E-state index contributed by atoms with van der Waals surface area (Å²) in [6, 6.07) is 9.28. The van der Waals surface area contributed by atoms with E-state index in [1.165, 1.54) is 6.20 Å². The van der Waals surface area contributed by atoms with E-state index in [0.717, 1.165) is 47.4 Å². The van der Waals surface area contributed by atoms with E-state index in [9.17, 15) is 9.59 Å². The summed E-state index contributed by atoms with van der Waals surface area (Å²) in [6.07, 6.45) is 10.4. The molecule has 10 nitrogen and oxygen atoms in total. The minimum atomic E-state index is -0.305. The van der Waals surface area contributed by atoms with E-state index < -0.39 is 0 Å². The highest BCUT2D eigenvalue weighted by molar-refractivity contribution is 6.09. The van der Waals surface area contributed by atoms with Crippen LogP contribution in [0, 0.1) is 0 Å². The van der Waals surface area contributed by atoms with Crippen molar-refractivity contribution in [2.24, 2.45) is 5.73 Å². The number of fused-ring (bicyclic) bond motifs is 2. The van der Waals surface area contributed by atoms with Gasteiger partial charge in [0, 0.05) is 35.4 Å². The molecule has 1 saturated heterocycles. The molecule has 206 valence electrons. The maximum Gasteiger partial charge on any atom is 0.274 e. The lowest BCUT2D eigenvalue weighted by Crippen LogP contribution is -2.36. The van der Waals surface area contributed by atoms with Crippen LogP contribution in [-0.2, 0) is 13.0 Å². The van der Waals surface area contributed by atoms with E-state index in [0.29, 0.717) is 35.6 Å². The van der Waals surface area contributed by atoms with E-state index in [1.54, 1.807) is 22.7 Å². The predicted molar refractivity (Wildman–Crippen MR) is 157 cm³/mol. The van der Waals surface area contributed by atoms with E-state index >= 15 is 0 Å². The summed E-state index contributed by atoms with van der Waals surface area (Å²) in [4.78, 5) is 30.5. The van der Waals surface area contributed by atoms with E-state index in [-0.39, 0.29) is 17.9 Å². The Hall–Kier alpha value is -4.70. The predicted octanol–water partition coefficient (Wildman–Crippen LogP) is 3.57. The van der Waals surface area contributed by atoms with Gasteiger partial charge < -0.3 is 21.7 Å². The number of pyridine rings is 1. The van der Waals surface area contributed by atoms with Gasteiger partial charge in [0.2, 0.25) is 0 Å². The van der Waals surface area contributed by atoms with Gasteiger partial charge in [-0.05, 0) is 62.2 Å². The third-order valence-electron chi connectivity index (χ3n) is 6.88. The molecule has 1 aliphatic rings. The number of hydrogen-bond acceptors (Lipinski definition) is 6. The van der Waals surface area contributed by atoms with Gasteiger partial charge in [0.25, 0.3) is 11.8 Å². The molecule has 1 fully saturated rings. The van der Waals surface area contributed by atoms with Gasteiger partial charge in [-0.25, -0.2) is 4.98 Å². The Kier molecular flexibility index (Phi) is 7.79. The number of rotatable bonds is 9. The fourth-order valence-corrected chi connectivity index (χ4v) is 4.88. The van der Waals surface area contributed by atoms with Crippen LogP contribution < -0.4 is 21.7 Å². The molecule has 1 aromatic carbocycles. The number of carbonyl (C=O) groups is 2. The van der Waals surface area contributed by atoms with Gasteiger partial charge in [0.1, 0.15) is 11.3 Å². The molecule has 2 amide bonds. The van der Waals surface area contributed by atoms with Gasteiger partial charge in [-0.15, -0.1) is 0 Å². The first-order chi connectivity index (χ1) is 19.3. The molecule has 10 heteroatoms. The minimum Gasteiger partial charge on any atom is -0.402 e. The van der Waals surface area contributed by atoms with Crippen molar-refractivity contribution in [2.75, 3.05) is 18.4 Å². The molecular formula is C30H34N8O2. The number of amides is 2. The molecule has 40 heavy (non-hydrogen) atoms. The smallest absolute Gasteiger partial charge is 0.274 e. The van der Waals surface area contributed by atoms with Crippen molar-refractivity contribution in [1.29, 1.82) is 0 Å². The number of hydrogen-bond donors (Lipinski definition) is 4. The normalized spacial score (nSPS) is 15.8. The monoisotopic (exact) mass is 538 g/mol. The van der Waals surface area contributed by atoms with Crippen molar-refractivity contribution in [3.8, 4) is 0 Å². The maximum absolute atomic E-state index is 13.4. The Labute approximate surface area is 232 Å². The second kappa shape index (κ2) is 11.6. The molecule has 4 heterocycles. The number of imidazole rings is 1. The minimum absolute atomic E-state index is 0.122.